The van der Waals surface area contributed by atoms with E-state index in [1.54, 1.807) is 12.4 Å². The van der Waals surface area contributed by atoms with Gasteiger partial charge in [0.15, 0.2) is 0 Å². The Kier molecular flexibility index (Phi) is 10.1. The molecule has 4 aromatic rings. The van der Waals surface area contributed by atoms with Crippen molar-refractivity contribution in [3.63, 3.8) is 0 Å². The zero-order valence-corrected chi connectivity index (χ0v) is 30.3. The highest BCUT2D eigenvalue weighted by Gasteiger charge is 2.33. The first kappa shape index (κ1) is 36.1. The molecule has 0 aliphatic heterocycles. The van der Waals surface area contributed by atoms with E-state index in [4.69, 9.17) is 9.47 Å². The minimum absolute atomic E-state index is 0.310. The predicted molar refractivity (Wildman–Crippen MR) is 189 cm³/mol. The van der Waals surface area contributed by atoms with Crippen LogP contribution in [-0.4, -0.2) is 43.3 Å². The van der Waals surface area contributed by atoms with Crippen LogP contribution in [0.25, 0.3) is 22.0 Å². The molecule has 10 nitrogen and oxygen atoms in total. The molecule has 0 bridgehead atoms. The van der Waals surface area contributed by atoms with Gasteiger partial charge in [0.25, 0.3) is 0 Å². The van der Waals surface area contributed by atoms with Gasteiger partial charge in [0.05, 0.1) is 30.2 Å². The summed E-state index contributed by atoms with van der Waals surface area (Å²) >= 11 is 0. The van der Waals surface area contributed by atoms with E-state index in [1.165, 1.54) is 0 Å². The Hall–Kier alpha value is -4.78. The van der Waals surface area contributed by atoms with Gasteiger partial charge in [-0.25, -0.2) is 19.6 Å². The highest BCUT2D eigenvalue weighted by molar-refractivity contribution is 5.88. The number of ether oxygens (including phenoxy) is 2. The molecule has 2 heterocycles. The van der Waals surface area contributed by atoms with Gasteiger partial charge in [-0.3, -0.25) is 0 Å². The standard InChI is InChI=1S/C38H50N6O4/c1-35(2,3)29(43-33(45)47-37(7,8)9)31-39-21-27(41-31)18-14-23-13-15-25-20-26(17-16-24(25)19-23)28-22-40-32(42-28)30(36(4,5)6)44-34(46)48-38(10,11)12/h13,15-17,19-22,29-30H,1-12H3,(H,39,41)(H,40,42)(H,43,45)(H,44,46)/t29-,30-/m1/s1. The first-order valence-electron chi connectivity index (χ1n) is 16.2. The lowest BCUT2D eigenvalue weighted by atomic mass is 9.86. The molecule has 2 amide bonds. The van der Waals surface area contributed by atoms with Crippen LogP contribution in [0.5, 0.6) is 0 Å². The lowest BCUT2D eigenvalue weighted by Crippen LogP contribution is -2.40. The number of alkyl carbamates (subject to hydrolysis) is 2. The van der Waals surface area contributed by atoms with Crippen LogP contribution < -0.4 is 10.6 Å². The summed E-state index contributed by atoms with van der Waals surface area (Å²) in [5.74, 6) is 7.66. The molecule has 0 saturated carbocycles. The number of hydrogen-bond acceptors (Lipinski definition) is 6. The number of aromatic nitrogens is 4. The van der Waals surface area contributed by atoms with Crippen molar-refractivity contribution in [2.24, 2.45) is 10.8 Å². The second kappa shape index (κ2) is 13.4. The summed E-state index contributed by atoms with van der Waals surface area (Å²) < 4.78 is 11.0. The normalized spacial score (nSPS) is 13.7. The van der Waals surface area contributed by atoms with Gasteiger partial charge in [-0.1, -0.05) is 65.7 Å². The van der Waals surface area contributed by atoms with Crippen LogP contribution in [0, 0.1) is 22.7 Å². The molecule has 0 unspecified atom stereocenters. The van der Waals surface area contributed by atoms with E-state index in [0.29, 0.717) is 17.3 Å². The van der Waals surface area contributed by atoms with Gasteiger partial charge in [-0.2, -0.15) is 0 Å². The number of rotatable bonds is 5. The van der Waals surface area contributed by atoms with Crippen LogP contribution >= 0.6 is 0 Å². The third-order valence-electron chi connectivity index (χ3n) is 7.28. The summed E-state index contributed by atoms with van der Waals surface area (Å²) in [5.41, 5.74) is 1.49. The fraction of sp³-hybridized carbons (Fsp3) is 0.474. The Labute approximate surface area is 284 Å². The molecule has 10 heteroatoms. The van der Waals surface area contributed by atoms with Crippen molar-refractivity contribution in [3.8, 4) is 23.1 Å². The molecule has 0 fully saturated rings. The third kappa shape index (κ3) is 9.86. The van der Waals surface area contributed by atoms with Crippen LogP contribution in [0.3, 0.4) is 0 Å². The van der Waals surface area contributed by atoms with Crippen molar-refractivity contribution in [2.75, 3.05) is 0 Å². The first-order valence-corrected chi connectivity index (χ1v) is 16.2. The summed E-state index contributed by atoms with van der Waals surface area (Å²) in [5, 5.41) is 8.04. The fourth-order valence-corrected chi connectivity index (χ4v) is 5.05. The zero-order chi connectivity index (χ0) is 35.7. The van der Waals surface area contributed by atoms with Gasteiger partial charge in [0, 0.05) is 11.1 Å². The van der Waals surface area contributed by atoms with Crippen molar-refractivity contribution in [2.45, 2.75) is 106 Å². The van der Waals surface area contributed by atoms with Crippen LogP contribution in [-0.2, 0) is 9.47 Å². The second-order valence-corrected chi connectivity index (χ2v) is 16.3. The highest BCUT2D eigenvalue weighted by Crippen LogP contribution is 2.34. The molecule has 48 heavy (non-hydrogen) atoms. The molecular weight excluding hydrogens is 604 g/mol. The number of H-pyrrole nitrogens is 2. The van der Waals surface area contributed by atoms with Crippen LogP contribution in [0.15, 0.2) is 48.8 Å². The number of fused-ring (bicyclic) bond motifs is 1. The van der Waals surface area contributed by atoms with Gasteiger partial charge < -0.3 is 30.1 Å². The third-order valence-corrected chi connectivity index (χ3v) is 7.28. The van der Waals surface area contributed by atoms with E-state index >= 15 is 0 Å². The zero-order valence-electron chi connectivity index (χ0n) is 30.3. The summed E-state index contributed by atoms with van der Waals surface area (Å²) in [7, 11) is 0. The van der Waals surface area contributed by atoms with E-state index in [0.717, 1.165) is 27.6 Å². The Balaban J connectivity index is 1.51. The Bertz CT molecular complexity index is 1830. The SMILES string of the molecule is CC(C)(C)OC(=O)N[C@H](c1ncc(C#Cc2ccc3cc(-c4cnc([C@@H](NC(=O)OC(C)(C)C)C(C)(C)C)[nH]4)ccc3c2)[nH]1)C(C)(C)C. The molecule has 0 saturated heterocycles. The van der Waals surface area contributed by atoms with E-state index in [1.807, 2.05) is 107 Å². The fourth-order valence-electron chi connectivity index (χ4n) is 5.05. The predicted octanol–water partition coefficient (Wildman–Crippen LogP) is 8.58. The van der Waals surface area contributed by atoms with Gasteiger partial charge in [-0.15, -0.1) is 0 Å². The van der Waals surface area contributed by atoms with Gasteiger partial charge >= 0.3 is 12.2 Å². The molecule has 0 aliphatic rings. The summed E-state index contributed by atoms with van der Waals surface area (Å²) in [6.45, 7) is 23.2. The lowest BCUT2D eigenvalue weighted by molar-refractivity contribution is 0.0448. The van der Waals surface area contributed by atoms with E-state index < -0.39 is 29.4 Å². The monoisotopic (exact) mass is 654 g/mol. The van der Waals surface area contributed by atoms with Crippen LogP contribution in [0.4, 0.5) is 9.59 Å². The summed E-state index contributed by atoms with van der Waals surface area (Å²) in [4.78, 5) is 41.0. The number of carbonyl (C=O) groups is 2. The average molecular weight is 655 g/mol. The number of carbonyl (C=O) groups excluding carboxylic acids is 2. The summed E-state index contributed by atoms with van der Waals surface area (Å²) in [6, 6.07) is 11.5. The molecule has 4 N–H and O–H groups in total. The maximum Gasteiger partial charge on any atom is 0.408 e. The van der Waals surface area contributed by atoms with Crippen molar-refractivity contribution in [3.05, 3.63) is 71.7 Å². The van der Waals surface area contributed by atoms with Crippen LogP contribution in [0.2, 0.25) is 0 Å². The van der Waals surface area contributed by atoms with Crippen molar-refractivity contribution >= 4 is 23.0 Å². The Morgan fingerprint density at radius 2 is 1.17 bits per heavy atom. The number of amides is 2. The maximum atomic E-state index is 12.6. The van der Waals surface area contributed by atoms with Gasteiger partial charge in [0.2, 0.25) is 0 Å². The first-order chi connectivity index (χ1) is 22.1. The number of imidazole rings is 2. The molecule has 2 aromatic carbocycles. The quantitative estimate of drug-likeness (QED) is 0.159. The molecule has 2 atom stereocenters. The van der Waals surface area contributed by atoms with Crippen molar-refractivity contribution < 1.29 is 19.1 Å². The molecule has 256 valence electrons. The molecular formula is C38H50N6O4. The Morgan fingerprint density at radius 1 is 0.667 bits per heavy atom. The van der Waals surface area contributed by atoms with E-state index in [2.05, 4.69) is 54.5 Å². The number of benzene rings is 2. The average Bonchev–Trinajstić information content (AvgIpc) is 3.60. The minimum Gasteiger partial charge on any atom is -0.444 e. The molecule has 4 rings (SSSR count). The minimum atomic E-state index is -0.603. The molecule has 0 aliphatic carbocycles. The smallest absolute Gasteiger partial charge is 0.408 e. The molecule has 0 spiro atoms. The largest absolute Gasteiger partial charge is 0.444 e. The van der Waals surface area contributed by atoms with Crippen LogP contribution in [0.1, 0.15) is 118 Å². The van der Waals surface area contributed by atoms with Gasteiger partial charge in [0.1, 0.15) is 28.5 Å². The van der Waals surface area contributed by atoms with Gasteiger partial charge in [-0.05, 0) is 87.3 Å². The highest BCUT2D eigenvalue weighted by atomic mass is 16.6. The second-order valence-electron chi connectivity index (χ2n) is 16.3. The van der Waals surface area contributed by atoms with Crippen molar-refractivity contribution in [1.82, 2.24) is 30.6 Å². The van der Waals surface area contributed by atoms with Crippen molar-refractivity contribution in [1.29, 1.82) is 0 Å². The number of nitrogens with zero attached hydrogens (tertiary/aromatic N) is 2. The maximum absolute atomic E-state index is 12.6. The number of hydrogen-bond donors (Lipinski definition) is 4. The lowest BCUT2D eigenvalue weighted by Gasteiger charge is -2.31. The number of nitrogens with one attached hydrogen (secondary N) is 4. The topological polar surface area (TPSA) is 134 Å². The van der Waals surface area contributed by atoms with E-state index in [9.17, 15) is 9.59 Å². The molecule has 2 aromatic heterocycles. The molecule has 0 radical (unpaired) electrons. The van der Waals surface area contributed by atoms with E-state index in [-0.39, 0.29) is 16.9 Å². The summed E-state index contributed by atoms with van der Waals surface area (Å²) in [6.07, 6.45) is 2.49. The Morgan fingerprint density at radius 3 is 1.71 bits per heavy atom. The number of aromatic amines is 2.